The number of rotatable bonds is 3. The molecule has 0 saturated carbocycles. The van der Waals surface area contributed by atoms with Gasteiger partial charge < -0.3 is 9.47 Å². The lowest BCUT2D eigenvalue weighted by Gasteiger charge is -2.31. The molecular formula is C13H12N2O6. The van der Waals surface area contributed by atoms with Crippen molar-refractivity contribution in [3.63, 3.8) is 0 Å². The lowest BCUT2D eigenvalue weighted by atomic mass is 10.1. The van der Waals surface area contributed by atoms with Crippen LogP contribution in [0.25, 0.3) is 0 Å². The molecule has 0 bridgehead atoms. The third kappa shape index (κ3) is 3.41. The van der Waals surface area contributed by atoms with E-state index in [4.69, 9.17) is 9.47 Å². The number of benzene rings is 1. The van der Waals surface area contributed by atoms with Crippen LogP contribution < -0.4 is 0 Å². The van der Waals surface area contributed by atoms with E-state index in [2.05, 4.69) is 4.99 Å². The van der Waals surface area contributed by atoms with Crippen LogP contribution in [0.3, 0.4) is 0 Å². The molecule has 1 aliphatic rings. The molecule has 0 atom stereocenters. The van der Waals surface area contributed by atoms with Gasteiger partial charge in [-0.25, -0.2) is 0 Å². The summed E-state index contributed by atoms with van der Waals surface area (Å²) in [5.41, 5.74) is 0.290. The molecule has 1 aliphatic heterocycles. The summed E-state index contributed by atoms with van der Waals surface area (Å²) in [5, 5.41) is 10.5. The van der Waals surface area contributed by atoms with Gasteiger partial charge in [-0.3, -0.25) is 24.7 Å². The van der Waals surface area contributed by atoms with E-state index in [1.54, 1.807) is 0 Å². The van der Waals surface area contributed by atoms with Crippen LogP contribution in [0.2, 0.25) is 0 Å². The van der Waals surface area contributed by atoms with Crippen molar-refractivity contribution < 1.29 is 24.0 Å². The van der Waals surface area contributed by atoms with Crippen LogP contribution in [-0.4, -0.2) is 28.9 Å². The first-order valence-electron chi connectivity index (χ1n) is 6.03. The first-order valence-corrected chi connectivity index (χ1v) is 6.03. The molecule has 0 amide bonds. The first kappa shape index (κ1) is 14.6. The minimum Gasteiger partial charge on any atom is -0.422 e. The molecule has 1 heterocycles. The van der Waals surface area contributed by atoms with Crippen LogP contribution in [0.4, 0.5) is 11.4 Å². The van der Waals surface area contributed by atoms with Gasteiger partial charge in [-0.2, -0.15) is 0 Å². The maximum atomic E-state index is 11.7. The van der Waals surface area contributed by atoms with Gasteiger partial charge in [0.25, 0.3) is 11.5 Å². The van der Waals surface area contributed by atoms with E-state index in [0.29, 0.717) is 5.69 Å². The molecule has 0 spiro atoms. The number of carbonyl (C=O) groups is 2. The van der Waals surface area contributed by atoms with Gasteiger partial charge in [0.1, 0.15) is 0 Å². The summed E-state index contributed by atoms with van der Waals surface area (Å²) in [6.45, 7) is 2.90. The zero-order chi connectivity index (χ0) is 15.6. The number of non-ortho nitro benzene ring substituents is 1. The van der Waals surface area contributed by atoms with E-state index < -0.39 is 28.6 Å². The number of esters is 2. The Morgan fingerprint density at radius 1 is 1.19 bits per heavy atom. The number of hydrogen-bond donors (Lipinski definition) is 0. The van der Waals surface area contributed by atoms with Crippen molar-refractivity contribution in [2.24, 2.45) is 10.9 Å². The summed E-state index contributed by atoms with van der Waals surface area (Å²) >= 11 is 0. The third-order valence-corrected chi connectivity index (χ3v) is 2.63. The van der Waals surface area contributed by atoms with Crippen LogP contribution >= 0.6 is 0 Å². The van der Waals surface area contributed by atoms with Gasteiger partial charge in [0.05, 0.1) is 10.6 Å². The van der Waals surface area contributed by atoms with Crippen molar-refractivity contribution in [2.45, 2.75) is 19.6 Å². The van der Waals surface area contributed by atoms with Crippen molar-refractivity contribution >= 4 is 29.5 Å². The highest BCUT2D eigenvalue weighted by Gasteiger charge is 2.42. The second-order valence-corrected chi connectivity index (χ2v) is 4.77. The normalized spacial score (nSPS) is 18.4. The Morgan fingerprint density at radius 2 is 1.71 bits per heavy atom. The van der Waals surface area contributed by atoms with E-state index in [0.717, 1.165) is 6.21 Å². The molecule has 0 aromatic heterocycles. The second kappa shape index (κ2) is 5.31. The number of carbonyl (C=O) groups excluding carboxylic acids is 2. The summed E-state index contributed by atoms with van der Waals surface area (Å²) in [7, 11) is 0. The van der Waals surface area contributed by atoms with Gasteiger partial charge in [0, 0.05) is 32.2 Å². The number of aliphatic imine (C=N–C) groups is 1. The highest BCUT2D eigenvalue weighted by molar-refractivity contribution is 6.10. The summed E-state index contributed by atoms with van der Waals surface area (Å²) in [6.07, 6.45) is 1.10. The molecule has 1 saturated heterocycles. The van der Waals surface area contributed by atoms with Crippen molar-refractivity contribution in [1.82, 2.24) is 0 Å². The molecule has 0 N–H and O–H groups in total. The number of nitrogens with zero attached hydrogens (tertiary/aromatic N) is 2. The summed E-state index contributed by atoms with van der Waals surface area (Å²) < 4.78 is 9.87. The zero-order valence-electron chi connectivity index (χ0n) is 11.3. The number of hydrogen-bond acceptors (Lipinski definition) is 7. The number of nitro groups is 1. The standard InChI is InChI=1S/C13H12N2O6/c1-13(2)20-11(16)10(12(17)21-13)7-14-8-3-5-9(6-4-8)15(18)19/h3-7,10H,1-2H3. The Kier molecular flexibility index (Phi) is 3.70. The van der Waals surface area contributed by atoms with Crippen LogP contribution in [0, 0.1) is 16.0 Å². The average Bonchev–Trinajstić information content (AvgIpc) is 2.36. The lowest BCUT2D eigenvalue weighted by Crippen LogP contribution is -2.46. The topological polar surface area (TPSA) is 108 Å². The molecule has 21 heavy (non-hydrogen) atoms. The molecule has 0 unspecified atom stereocenters. The van der Waals surface area contributed by atoms with Crippen LogP contribution in [-0.2, 0) is 19.1 Å². The molecule has 1 fully saturated rings. The molecular weight excluding hydrogens is 280 g/mol. The summed E-state index contributed by atoms with van der Waals surface area (Å²) in [4.78, 5) is 37.3. The Labute approximate surface area is 119 Å². The van der Waals surface area contributed by atoms with Gasteiger partial charge in [0.2, 0.25) is 0 Å². The summed E-state index contributed by atoms with van der Waals surface area (Å²) in [6, 6.07) is 5.34. The van der Waals surface area contributed by atoms with Gasteiger partial charge in [0.15, 0.2) is 5.92 Å². The molecule has 0 radical (unpaired) electrons. The van der Waals surface area contributed by atoms with E-state index >= 15 is 0 Å². The molecule has 110 valence electrons. The Morgan fingerprint density at radius 3 is 2.19 bits per heavy atom. The fourth-order valence-corrected chi connectivity index (χ4v) is 1.67. The minimum atomic E-state index is -1.29. The van der Waals surface area contributed by atoms with Crippen molar-refractivity contribution in [3.05, 3.63) is 34.4 Å². The molecule has 8 heteroatoms. The van der Waals surface area contributed by atoms with Crippen molar-refractivity contribution in [2.75, 3.05) is 0 Å². The van der Waals surface area contributed by atoms with Gasteiger partial charge in [-0.15, -0.1) is 0 Å². The molecule has 2 rings (SSSR count). The predicted octanol–water partition coefficient (Wildman–Crippen LogP) is 1.75. The molecule has 1 aromatic carbocycles. The second-order valence-electron chi connectivity index (χ2n) is 4.77. The highest BCUT2D eigenvalue weighted by Crippen LogP contribution is 2.23. The Bertz CT molecular complexity index is 600. The lowest BCUT2D eigenvalue weighted by molar-refractivity contribution is -0.384. The Balaban J connectivity index is 2.12. The molecule has 0 aliphatic carbocycles. The monoisotopic (exact) mass is 292 g/mol. The molecule has 8 nitrogen and oxygen atoms in total. The van der Waals surface area contributed by atoms with Gasteiger partial charge in [-0.1, -0.05) is 0 Å². The van der Waals surface area contributed by atoms with E-state index in [-0.39, 0.29) is 5.69 Å². The number of cyclic esters (lactones) is 2. The first-order chi connectivity index (χ1) is 9.78. The van der Waals surface area contributed by atoms with Crippen molar-refractivity contribution in [1.29, 1.82) is 0 Å². The number of ether oxygens (including phenoxy) is 2. The maximum Gasteiger partial charge on any atom is 0.329 e. The third-order valence-electron chi connectivity index (χ3n) is 2.63. The predicted molar refractivity (Wildman–Crippen MR) is 71.0 cm³/mol. The van der Waals surface area contributed by atoms with E-state index in [1.807, 2.05) is 0 Å². The quantitative estimate of drug-likeness (QED) is 0.276. The van der Waals surface area contributed by atoms with Gasteiger partial charge >= 0.3 is 11.9 Å². The van der Waals surface area contributed by atoms with Crippen LogP contribution in [0.5, 0.6) is 0 Å². The van der Waals surface area contributed by atoms with Gasteiger partial charge in [-0.05, 0) is 12.1 Å². The highest BCUT2D eigenvalue weighted by atomic mass is 16.7. The van der Waals surface area contributed by atoms with Crippen LogP contribution in [0.15, 0.2) is 29.3 Å². The van der Waals surface area contributed by atoms with E-state index in [9.17, 15) is 19.7 Å². The van der Waals surface area contributed by atoms with Crippen molar-refractivity contribution in [3.8, 4) is 0 Å². The van der Waals surface area contributed by atoms with Crippen LogP contribution in [0.1, 0.15) is 13.8 Å². The Hall–Kier alpha value is -2.77. The zero-order valence-corrected chi connectivity index (χ0v) is 11.3. The number of nitro benzene ring substituents is 1. The smallest absolute Gasteiger partial charge is 0.329 e. The average molecular weight is 292 g/mol. The molecule has 1 aromatic rings. The fraction of sp³-hybridized carbons (Fsp3) is 0.308. The maximum absolute atomic E-state index is 11.7. The largest absolute Gasteiger partial charge is 0.422 e. The SMILES string of the molecule is CC1(C)OC(=O)C(C=Nc2ccc([N+](=O)[O-])cc2)C(=O)O1. The summed E-state index contributed by atoms with van der Waals surface area (Å²) in [5.74, 6) is -4.02. The van der Waals surface area contributed by atoms with E-state index in [1.165, 1.54) is 38.1 Å². The minimum absolute atomic E-state index is 0.0767. The fourth-order valence-electron chi connectivity index (χ4n) is 1.67.